The summed E-state index contributed by atoms with van der Waals surface area (Å²) in [5.41, 5.74) is 0. The van der Waals surface area contributed by atoms with Gasteiger partial charge in [-0.25, -0.2) is 0 Å². The van der Waals surface area contributed by atoms with Crippen LogP contribution in [0.4, 0.5) is 0 Å². The summed E-state index contributed by atoms with van der Waals surface area (Å²) < 4.78 is 1.87. The quantitative estimate of drug-likeness (QED) is 0.812. The molecule has 1 atom stereocenters. The van der Waals surface area contributed by atoms with Crippen molar-refractivity contribution < 1.29 is 4.79 Å². The highest BCUT2D eigenvalue weighted by atomic mass is 16.2. The Morgan fingerprint density at radius 3 is 2.81 bits per heavy atom. The molecule has 116 valence electrons. The molecule has 2 fully saturated rings. The Morgan fingerprint density at radius 1 is 1.29 bits per heavy atom. The fraction of sp³-hybridized carbons (Fsp3) is 0.800. The van der Waals surface area contributed by atoms with Crippen LogP contribution in [0, 0.1) is 5.92 Å². The molecular weight excluding hydrogens is 266 g/mol. The minimum absolute atomic E-state index is 0.306. The largest absolute Gasteiger partial charge is 0.341 e. The topological polar surface area (TPSA) is 54.3 Å². The van der Waals surface area contributed by atoms with Gasteiger partial charge in [-0.1, -0.05) is 11.6 Å². The fourth-order valence-electron chi connectivity index (χ4n) is 3.27. The van der Waals surface area contributed by atoms with Crippen molar-refractivity contribution in [2.24, 2.45) is 5.92 Å². The lowest BCUT2D eigenvalue weighted by atomic mass is 9.84. The Labute approximate surface area is 126 Å². The molecule has 6 heteroatoms. The van der Waals surface area contributed by atoms with Gasteiger partial charge in [-0.2, -0.15) is 0 Å². The molecule has 0 radical (unpaired) electrons. The summed E-state index contributed by atoms with van der Waals surface area (Å²) >= 11 is 0. The lowest BCUT2D eigenvalue weighted by Gasteiger charge is -2.40. The number of aromatic nitrogens is 3. The number of nitrogens with zero attached hydrogens (tertiary/aromatic N) is 5. The van der Waals surface area contributed by atoms with E-state index in [9.17, 15) is 4.79 Å². The standard InChI is InChI=1S/C15H25N5O/c1-18(15(21)13-4-2-5-13)14-6-3-8-19(12-14)10-11-20-9-7-16-17-20/h7,9,13-14H,2-6,8,10-12H2,1H3. The number of rotatable bonds is 5. The summed E-state index contributed by atoms with van der Waals surface area (Å²) in [7, 11) is 1.99. The first-order valence-corrected chi connectivity index (χ1v) is 8.07. The van der Waals surface area contributed by atoms with Crippen molar-refractivity contribution in [2.75, 3.05) is 26.7 Å². The van der Waals surface area contributed by atoms with E-state index in [4.69, 9.17) is 0 Å². The van der Waals surface area contributed by atoms with Gasteiger partial charge in [0, 0.05) is 38.3 Å². The van der Waals surface area contributed by atoms with Gasteiger partial charge in [0.1, 0.15) is 0 Å². The number of carbonyl (C=O) groups is 1. The highest BCUT2D eigenvalue weighted by Crippen LogP contribution is 2.29. The maximum atomic E-state index is 12.4. The van der Waals surface area contributed by atoms with Crippen molar-refractivity contribution in [3.8, 4) is 0 Å². The van der Waals surface area contributed by atoms with Crippen LogP contribution in [-0.2, 0) is 11.3 Å². The van der Waals surface area contributed by atoms with E-state index < -0.39 is 0 Å². The predicted molar refractivity (Wildman–Crippen MR) is 79.6 cm³/mol. The van der Waals surface area contributed by atoms with Gasteiger partial charge in [0.05, 0.1) is 12.7 Å². The van der Waals surface area contributed by atoms with Crippen LogP contribution in [-0.4, -0.2) is 63.4 Å². The maximum Gasteiger partial charge on any atom is 0.225 e. The summed E-state index contributed by atoms with van der Waals surface area (Å²) in [6, 6.07) is 0.377. The van der Waals surface area contributed by atoms with E-state index >= 15 is 0 Å². The summed E-state index contributed by atoms with van der Waals surface area (Å²) in [6.07, 6.45) is 9.31. The molecule has 1 aromatic heterocycles. The number of carbonyl (C=O) groups excluding carboxylic acids is 1. The van der Waals surface area contributed by atoms with Crippen molar-refractivity contribution in [3.05, 3.63) is 12.4 Å². The van der Waals surface area contributed by atoms with Gasteiger partial charge in [-0.05, 0) is 32.2 Å². The molecule has 1 amide bonds. The Hall–Kier alpha value is -1.43. The van der Waals surface area contributed by atoms with Crippen LogP contribution in [0.3, 0.4) is 0 Å². The number of likely N-dealkylation sites (N-methyl/N-ethyl adjacent to an activating group) is 1. The molecule has 0 bridgehead atoms. The number of likely N-dealkylation sites (tertiary alicyclic amines) is 1. The van der Waals surface area contributed by atoms with Gasteiger partial charge in [0.25, 0.3) is 0 Å². The monoisotopic (exact) mass is 291 g/mol. The lowest BCUT2D eigenvalue weighted by Crippen LogP contribution is -2.51. The van der Waals surface area contributed by atoms with E-state index in [-0.39, 0.29) is 0 Å². The maximum absolute atomic E-state index is 12.4. The Morgan fingerprint density at radius 2 is 2.14 bits per heavy atom. The zero-order valence-electron chi connectivity index (χ0n) is 12.8. The minimum Gasteiger partial charge on any atom is -0.341 e. The lowest BCUT2D eigenvalue weighted by molar-refractivity contribution is -0.140. The first-order chi connectivity index (χ1) is 10.2. The number of hydrogen-bond donors (Lipinski definition) is 0. The summed E-state index contributed by atoms with van der Waals surface area (Å²) in [6.45, 7) is 3.96. The van der Waals surface area contributed by atoms with Crippen LogP contribution >= 0.6 is 0 Å². The van der Waals surface area contributed by atoms with Crippen LogP contribution in [0.25, 0.3) is 0 Å². The van der Waals surface area contributed by atoms with Gasteiger partial charge >= 0.3 is 0 Å². The SMILES string of the molecule is CN(C(=O)C1CCC1)C1CCCN(CCn2ccnn2)C1. The zero-order chi connectivity index (χ0) is 14.7. The van der Waals surface area contributed by atoms with E-state index in [2.05, 4.69) is 15.2 Å². The van der Waals surface area contributed by atoms with Gasteiger partial charge in [0.2, 0.25) is 5.91 Å². The second-order valence-electron chi connectivity index (χ2n) is 6.34. The first kappa shape index (κ1) is 14.5. The van der Waals surface area contributed by atoms with E-state index in [1.165, 1.54) is 12.8 Å². The van der Waals surface area contributed by atoms with Crippen LogP contribution < -0.4 is 0 Å². The molecule has 1 aliphatic carbocycles. The van der Waals surface area contributed by atoms with Gasteiger partial charge in [0.15, 0.2) is 0 Å². The van der Waals surface area contributed by atoms with Crippen molar-refractivity contribution in [2.45, 2.75) is 44.7 Å². The second kappa shape index (κ2) is 6.56. The van der Waals surface area contributed by atoms with Crippen LogP contribution in [0.1, 0.15) is 32.1 Å². The predicted octanol–water partition coefficient (Wildman–Crippen LogP) is 1.00. The molecule has 0 spiro atoms. The van der Waals surface area contributed by atoms with Crippen molar-refractivity contribution in [1.82, 2.24) is 24.8 Å². The van der Waals surface area contributed by atoms with E-state index in [1.807, 2.05) is 22.8 Å². The number of hydrogen-bond acceptors (Lipinski definition) is 4. The third-order valence-corrected chi connectivity index (χ3v) is 4.95. The average molecular weight is 291 g/mol. The van der Waals surface area contributed by atoms with Crippen molar-refractivity contribution in [3.63, 3.8) is 0 Å². The molecule has 1 aromatic rings. The van der Waals surface area contributed by atoms with Crippen molar-refractivity contribution in [1.29, 1.82) is 0 Å². The molecule has 2 aliphatic rings. The van der Waals surface area contributed by atoms with E-state index in [1.54, 1.807) is 6.20 Å². The molecule has 1 saturated heterocycles. The highest BCUT2D eigenvalue weighted by molar-refractivity contribution is 5.79. The molecule has 6 nitrogen and oxygen atoms in total. The molecule has 2 heterocycles. The third kappa shape index (κ3) is 3.43. The molecule has 1 aliphatic heterocycles. The van der Waals surface area contributed by atoms with Gasteiger partial charge in [-0.3, -0.25) is 14.4 Å². The van der Waals surface area contributed by atoms with Gasteiger partial charge in [-0.15, -0.1) is 5.10 Å². The summed E-state index contributed by atoms with van der Waals surface area (Å²) in [4.78, 5) is 16.8. The van der Waals surface area contributed by atoms with Gasteiger partial charge < -0.3 is 4.90 Å². The second-order valence-corrected chi connectivity index (χ2v) is 6.34. The third-order valence-electron chi connectivity index (χ3n) is 4.95. The van der Waals surface area contributed by atoms with Crippen LogP contribution in [0.15, 0.2) is 12.4 Å². The van der Waals surface area contributed by atoms with E-state index in [0.29, 0.717) is 17.9 Å². The molecular formula is C15H25N5O. The van der Waals surface area contributed by atoms with Crippen LogP contribution in [0.2, 0.25) is 0 Å². The molecule has 1 unspecified atom stereocenters. The molecule has 21 heavy (non-hydrogen) atoms. The number of amides is 1. The Bertz CT molecular complexity index is 457. The summed E-state index contributed by atoms with van der Waals surface area (Å²) in [5, 5.41) is 7.83. The highest BCUT2D eigenvalue weighted by Gasteiger charge is 2.32. The number of piperidine rings is 1. The zero-order valence-corrected chi connectivity index (χ0v) is 12.8. The molecule has 0 aromatic carbocycles. The average Bonchev–Trinajstić information content (AvgIpc) is 2.96. The molecule has 3 rings (SSSR count). The molecule has 1 saturated carbocycles. The Balaban J connectivity index is 1.49. The van der Waals surface area contributed by atoms with E-state index in [0.717, 1.165) is 45.4 Å². The molecule has 0 N–H and O–H groups in total. The fourth-order valence-corrected chi connectivity index (χ4v) is 3.27. The van der Waals surface area contributed by atoms with Crippen LogP contribution in [0.5, 0.6) is 0 Å². The van der Waals surface area contributed by atoms with Crippen molar-refractivity contribution >= 4 is 5.91 Å². The minimum atomic E-state index is 0.306. The smallest absolute Gasteiger partial charge is 0.225 e. The Kier molecular flexibility index (Phi) is 4.53. The summed E-state index contributed by atoms with van der Waals surface area (Å²) in [5.74, 6) is 0.671. The first-order valence-electron chi connectivity index (χ1n) is 8.07. The normalized spacial score (nSPS) is 23.8.